The maximum Gasteiger partial charge on any atom is 0.251 e. The molecule has 0 aliphatic rings. The molecule has 0 fully saturated rings. The van der Waals surface area contributed by atoms with Crippen molar-refractivity contribution in [1.82, 2.24) is 10.0 Å². The number of rotatable bonds is 5. The van der Waals surface area contributed by atoms with E-state index in [1.54, 1.807) is 32.0 Å². The lowest BCUT2D eigenvalue weighted by molar-refractivity contribution is 0.0944. The largest absolute Gasteiger partial charge is 0.350 e. The van der Waals surface area contributed by atoms with Gasteiger partial charge in [-0.15, -0.1) is 0 Å². The van der Waals surface area contributed by atoms with E-state index in [1.165, 1.54) is 0 Å². The van der Waals surface area contributed by atoms with Crippen LogP contribution >= 0.6 is 15.9 Å². The quantitative estimate of drug-likeness (QED) is 0.846. The Kier molecular flexibility index (Phi) is 5.11. The number of amides is 1. The van der Waals surface area contributed by atoms with Crippen molar-refractivity contribution < 1.29 is 13.2 Å². The minimum atomic E-state index is -3.31. The first-order valence-corrected chi connectivity index (χ1v) is 8.30. The first-order chi connectivity index (χ1) is 8.59. The molecule has 1 amide bonds. The molecule has 0 spiro atoms. The molecule has 1 aromatic carbocycles. The second kappa shape index (κ2) is 6.02. The summed E-state index contributed by atoms with van der Waals surface area (Å²) in [4.78, 5) is 11.9. The summed E-state index contributed by atoms with van der Waals surface area (Å²) in [5, 5.41) is 2.70. The zero-order chi connectivity index (χ0) is 14.7. The van der Waals surface area contributed by atoms with Crippen LogP contribution in [0.3, 0.4) is 0 Å². The van der Waals surface area contributed by atoms with Gasteiger partial charge in [0.15, 0.2) is 0 Å². The van der Waals surface area contributed by atoms with Gasteiger partial charge >= 0.3 is 0 Å². The highest BCUT2D eigenvalue weighted by Gasteiger charge is 2.22. The number of benzene rings is 1. The van der Waals surface area contributed by atoms with E-state index in [-0.39, 0.29) is 12.5 Å². The van der Waals surface area contributed by atoms with Crippen molar-refractivity contribution in [3.8, 4) is 0 Å². The molecule has 0 radical (unpaired) electrons. The summed E-state index contributed by atoms with van der Waals surface area (Å²) in [6.45, 7) is 3.61. The predicted octanol–water partition coefficient (Wildman–Crippen LogP) is 1.51. The topological polar surface area (TPSA) is 75.3 Å². The molecule has 1 rings (SSSR count). The van der Waals surface area contributed by atoms with Crippen LogP contribution < -0.4 is 10.0 Å². The van der Waals surface area contributed by atoms with Crippen LogP contribution in [0.4, 0.5) is 0 Å². The molecular weight excluding hydrogens is 332 g/mol. The number of hydrogen-bond donors (Lipinski definition) is 2. The highest BCUT2D eigenvalue weighted by atomic mass is 79.9. The van der Waals surface area contributed by atoms with Gasteiger partial charge in [0, 0.05) is 22.1 Å². The number of sulfonamides is 1. The van der Waals surface area contributed by atoms with Gasteiger partial charge in [0.05, 0.1) is 6.26 Å². The Morgan fingerprint density at radius 2 is 2.00 bits per heavy atom. The molecule has 0 saturated carbocycles. The highest BCUT2D eigenvalue weighted by molar-refractivity contribution is 9.10. The van der Waals surface area contributed by atoms with Gasteiger partial charge in [-0.3, -0.25) is 4.79 Å². The Labute approximate surface area is 122 Å². The average Bonchev–Trinajstić information content (AvgIpc) is 2.22. The lowest BCUT2D eigenvalue weighted by Gasteiger charge is -2.25. The van der Waals surface area contributed by atoms with Gasteiger partial charge in [-0.25, -0.2) is 13.1 Å². The Morgan fingerprint density at radius 1 is 1.37 bits per heavy atom. The molecule has 0 bridgehead atoms. The molecule has 0 aliphatic carbocycles. The van der Waals surface area contributed by atoms with E-state index in [0.29, 0.717) is 5.56 Å². The first-order valence-electron chi connectivity index (χ1n) is 5.62. The third kappa shape index (κ3) is 6.17. The van der Waals surface area contributed by atoms with Crippen LogP contribution in [-0.4, -0.2) is 32.7 Å². The van der Waals surface area contributed by atoms with Crippen LogP contribution in [0.1, 0.15) is 24.2 Å². The Bertz CT molecular complexity index is 570. The van der Waals surface area contributed by atoms with Crippen molar-refractivity contribution in [2.75, 3.05) is 12.8 Å². The lowest BCUT2D eigenvalue weighted by atomic mass is 10.1. The van der Waals surface area contributed by atoms with Gasteiger partial charge in [-0.2, -0.15) is 0 Å². The number of carbonyl (C=O) groups is 1. The Balaban J connectivity index is 2.64. The van der Waals surface area contributed by atoms with Crippen LogP contribution in [0.15, 0.2) is 28.7 Å². The Morgan fingerprint density at radius 3 is 2.53 bits per heavy atom. The van der Waals surface area contributed by atoms with E-state index < -0.39 is 15.6 Å². The number of halogens is 1. The summed E-state index contributed by atoms with van der Waals surface area (Å²) in [6, 6.07) is 6.98. The molecule has 7 heteroatoms. The van der Waals surface area contributed by atoms with E-state index in [4.69, 9.17) is 0 Å². The first kappa shape index (κ1) is 16.1. The fourth-order valence-electron chi connectivity index (χ4n) is 1.57. The number of nitrogens with one attached hydrogen (secondary N) is 2. The molecule has 0 atom stereocenters. The molecule has 1 aromatic rings. The van der Waals surface area contributed by atoms with Gasteiger partial charge in [0.25, 0.3) is 5.91 Å². The van der Waals surface area contributed by atoms with Crippen LogP contribution in [0.5, 0.6) is 0 Å². The van der Waals surface area contributed by atoms with Crippen molar-refractivity contribution in [2.45, 2.75) is 19.4 Å². The summed E-state index contributed by atoms with van der Waals surface area (Å²) in [7, 11) is -3.31. The summed E-state index contributed by atoms with van der Waals surface area (Å²) in [5.74, 6) is -0.246. The van der Waals surface area contributed by atoms with Crippen molar-refractivity contribution >= 4 is 31.9 Å². The minimum absolute atomic E-state index is 0.200. The van der Waals surface area contributed by atoms with E-state index in [1.807, 2.05) is 6.07 Å². The third-order valence-corrected chi connectivity index (χ3v) is 3.66. The second-order valence-corrected chi connectivity index (χ2v) is 7.62. The molecule has 5 nitrogen and oxygen atoms in total. The van der Waals surface area contributed by atoms with Crippen LogP contribution in [0.25, 0.3) is 0 Å². The van der Waals surface area contributed by atoms with Crippen molar-refractivity contribution in [2.24, 2.45) is 0 Å². The smallest absolute Gasteiger partial charge is 0.251 e. The number of carbonyl (C=O) groups excluding carboxylic acids is 1. The van der Waals surface area contributed by atoms with Gasteiger partial charge in [0.1, 0.15) is 0 Å². The van der Waals surface area contributed by atoms with E-state index >= 15 is 0 Å². The van der Waals surface area contributed by atoms with E-state index in [2.05, 4.69) is 26.0 Å². The summed E-state index contributed by atoms with van der Waals surface area (Å²) in [6.07, 6.45) is 1.09. The SMILES string of the molecule is CC(C)(CNC(=O)c1cccc(Br)c1)NS(C)(=O)=O. The average molecular weight is 349 g/mol. The standard InChI is InChI=1S/C12H17BrN2O3S/c1-12(2,15-19(3,17)18)8-14-11(16)9-5-4-6-10(13)7-9/h4-7,15H,8H2,1-3H3,(H,14,16). The molecule has 2 N–H and O–H groups in total. The van der Waals surface area contributed by atoms with Crippen molar-refractivity contribution in [3.63, 3.8) is 0 Å². The van der Waals surface area contributed by atoms with E-state index in [9.17, 15) is 13.2 Å². The molecule has 0 heterocycles. The summed E-state index contributed by atoms with van der Waals surface area (Å²) in [5.41, 5.74) is -0.223. The summed E-state index contributed by atoms with van der Waals surface area (Å²) < 4.78 is 25.6. The maximum atomic E-state index is 11.9. The maximum absolute atomic E-state index is 11.9. The van der Waals surface area contributed by atoms with Gasteiger partial charge < -0.3 is 5.32 Å². The van der Waals surface area contributed by atoms with Crippen molar-refractivity contribution in [3.05, 3.63) is 34.3 Å². The molecule has 0 saturated heterocycles. The molecule has 106 valence electrons. The van der Waals surface area contributed by atoms with Crippen LogP contribution in [0, 0.1) is 0 Å². The monoisotopic (exact) mass is 348 g/mol. The highest BCUT2D eigenvalue weighted by Crippen LogP contribution is 2.11. The van der Waals surface area contributed by atoms with E-state index in [0.717, 1.165) is 10.7 Å². The lowest BCUT2D eigenvalue weighted by Crippen LogP contribution is -2.51. The molecular formula is C12H17BrN2O3S. The fourth-order valence-corrected chi connectivity index (χ4v) is 3.05. The fraction of sp³-hybridized carbons (Fsp3) is 0.417. The minimum Gasteiger partial charge on any atom is -0.350 e. The second-order valence-electron chi connectivity index (χ2n) is 4.95. The third-order valence-electron chi connectivity index (χ3n) is 2.24. The molecule has 19 heavy (non-hydrogen) atoms. The van der Waals surface area contributed by atoms with Crippen molar-refractivity contribution in [1.29, 1.82) is 0 Å². The zero-order valence-corrected chi connectivity index (χ0v) is 13.4. The van der Waals surface area contributed by atoms with Gasteiger partial charge in [-0.1, -0.05) is 22.0 Å². The van der Waals surface area contributed by atoms with Gasteiger partial charge in [0.2, 0.25) is 10.0 Å². The van der Waals surface area contributed by atoms with Gasteiger partial charge in [-0.05, 0) is 32.0 Å². The zero-order valence-electron chi connectivity index (χ0n) is 11.0. The molecule has 0 aromatic heterocycles. The van der Waals surface area contributed by atoms with Crippen LogP contribution in [-0.2, 0) is 10.0 Å². The molecule has 0 aliphatic heterocycles. The van der Waals surface area contributed by atoms with Crippen LogP contribution in [0.2, 0.25) is 0 Å². The normalized spacial score (nSPS) is 12.2. The number of hydrogen-bond acceptors (Lipinski definition) is 3. The summed E-state index contributed by atoms with van der Waals surface area (Å²) >= 11 is 3.29. The Hall–Kier alpha value is -0.920. The predicted molar refractivity (Wildman–Crippen MR) is 78.5 cm³/mol. The molecule has 0 unspecified atom stereocenters.